The van der Waals surface area contributed by atoms with Crippen LogP contribution >= 0.6 is 0 Å². The SMILES string of the molecule is C[Si](C)(O)CNC(=O)c1ccc(NCCN)cc1. The van der Waals surface area contributed by atoms with Crippen LogP contribution in [0.4, 0.5) is 5.69 Å². The second-order valence-corrected chi connectivity index (χ2v) is 8.77. The van der Waals surface area contributed by atoms with Gasteiger partial charge >= 0.3 is 0 Å². The Kier molecular flexibility index (Phi) is 5.33. The lowest BCUT2D eigenvalue weighted by atomic mass is 10.2. The zero-order chi connectivity index (χ0) is 13.6. The van der Waals surface area contributed by atoms with E-state index in [1.807, 2.05) is 12.1 Å². The van der Waals surface area contributed by atoms with Gasteiger partial charge in [0, 0.05) is 30.5 Å². The quantitative estimate of drug-likeness (QED) is 0.566. The van der Waals surface area contributed by atoms with Crippen LogP contribution in [0.1, 0.15) is 10.4 Å². The van der Waals surface area contributed by atoms with E-state index in [1.165, 1.54) is 0 Å². The molecule has 1 rings (SSSR count). The second-order valence-electron chi connectivity index (χ2n) is 4.79. The molecule has 18 heavy (non-hydrogen) atoms. The van der Waals surface area contributed by atoms with E-state index in [9.17, 15) is 9.59 Å². The summed E-state index contributed by atoms with van der Waals surface area (Å²) in [7, 11) is -2.24. The Morgan fingerprint density at radius 2 is 1.94 bits per heavy atom. The van der Waals surface area contributed by atoms with Crippen LogP contribution in [-0.2, 0) is 0 Å². The molecule has 0 heterocycles. The first kappa shape index (κ1) is 14.7. The molecule has 1 aromatic carbocycles. The fraction of sp³-hybridized carbons (Fsp3) is 0.417. The zero-order valence-electron chi connectivity index (χ0n) is 10.9. The van der Waals surface area contributed by atoms with E-state index in [0.29, 0.717) is 24.8 Å². The second kappa shape index (κ2) is 6.53. The molecule has 0 radical (unpaired) electrons. The number of carbonyl (C=O) groups is 1. The number of nitrogens with two attached hydrogens (primary N) is 1. The molecular weight excluding hydrogens is 246 g/mol. The van der Waals surface area contributed by atoms with Crippen LogP contribution in [0.15, 0.2) is 24.3 Å². The summed E-state index contributed by atoms with van der Waals surface area (Å²) in [6.45, 7) is 4.84. The van der Waals surface area contributed by atoms with E-state index in [-0.39, 0.29) is 5.91 Å². The minimum absolute atomic E-state index is 0.157. The maximum Gasteiger partial charge on any atom is 0.251 e. The summed E-state index contributed by atoms with van der Waals surface area (Å²) in [5.74, 6) is -0.157. The smallest absolute Gasteiger partial charge is 0.251 e. The summed E-state index contributed by atoms with van der Waals surface area (Å²) in [6, 6.07) is 7.18. The van der Waals surface area contributed by atoms with Gasteiger partial charge in [0.15, 0.2) is 0 Å². The third-order valence-corrected chi connectivity index (χ3v) is 3.34. The Bertz CT molecular complexity index is 387. The van der Waals surface area contributed by atoms with Gasteiger partial charge in [-0.1, -0.05) is 0 Å². The summed E-state index contributed by atoms with van der Waals surface area (Å²) in [4.78, 5) is 21.4. The third-order valence-electron chi connectivity index (χ3n) is 2.30. The molecule has 5 nitrogen and oxygen atoms in total. The Hall–Kier alpha value is -1.37. The number of carbonyl (C=O) groups excluding carboxylic acids is 1. The van der Waals surface area contributed by atoms with Gasteiger partial charge in [-0.3, -0.25) is 4.79 Å². The van der Waals surface area contributed by atoms with Crippen molar-refractivity contribution >= 4 is 19.9 Å². The molecule has 0 fully saturated rings. The molecule has 0 aliphatic rings. The summed E-state index contributed by atoms with van der Waals surface area (Å²) >= 11 is 0. The number of hydrogen-bond acceptors (Lipinski definition) is 4. The van der Waals surface area contributed by atoms with Crippen molar-refractivity contribution < 1.29 is 9.59 Å². The molecule has 100 valence electrons. The van der Waals surface area contributed by atoms with Gasteiger partial charge in [-0.15, -0.1) is 0 Å². The van der Waals surface area contributed by atoms with Gasteiger partial charge in [-0.25, -0.2) is 0 Å². The average Bonchev–Trinajstić information content (AvgIpc) is 2.33. The lowest BCUT2D eigenvalue weighted by molar-refractivity contribution is 0.0958. The fourth-order valence-corrected chi connectivity index (χ4v) is 1.95. The van der Waals surface area contributed by atoms with Gasteiger partial charge in [0.2, 0.25) is 8.32 Å². The van der Waals surface area contributed by atoms with Crippen molar-refractivity contribution in [3.8, 4) is 0 Å². The van der Waals surface area contributed by atoms with Crippen molar-refractivity contribution in [2.45, 2.75) is 13.1 Å². The van der Waals surface area contributed by atoms with Crippen molar-refractivity contribution in [1.29, 1.82) is 0 Å². The highest BCUT2D eigenvalue weighted by Crippen LogP contribution is 2.09. The van der Waals surface area contributed by atoms with Crippen molar-refractivity contribution in [2.24, 2.45) is 5.73 Å². The first-order valence-electron chi connectivity index (χ1n) is 5.97. The number of hydrogen-bond donors (Lipinski definition) is 4. The Labute approximate surface area is 109 Å². The standard InChI is InChI=1S/C12H21N3O2Si/c1-18(2,17)9-15-12(16)10-3-5-11(6-4-10)14-8-7-13/h3-6,14,17H,7-9,13H2,1-2H3,(H,15,16). The summed E-state index contributed by atoms with van der Waals surface area (Å²) in [5, 5.41) is 5.86. The zero-order valence-corrected chi connectivity index (χ0v) is 11.9. The Morgan fingerprint density at radius 1 is 1.33 bits per heavy atom. The monoisotopic (exact) mass is 267 g/mol. The number of anilines is 1. The molecule has 0 unspecified atom stereocenters. The van der Waals surface area contributed by atoms with Crippen LogP contribution in [0, 0.1) is 0 Å². The molecule has 5 N–H and O–H groups in total. The van der Waals surface area contributed by atoms with E-state index < -0.39 is 8.32 Å². The van der Waals surface area contributed by atoms with Gasteiger partial charge in [0.25, 0.3) is 5.91 Å². The molecule has 0 atom stereocenters. The van der Waals surface area contributed by atoms with E-state index in [2.05, 4.69) is 10.6 Å². The van der Waals surface area contributed by atoms with Gasteiger partial charge in [0.05, 0.1) is 0 Å². The molecule has 1 aromatic rings. The topological polar surface area (TPSA) is 87.4 Å². The summed E-state index contributed by atoms with van der Waals surface area (Å²) in [5.41, 5.74) is 6.92. The van der Waals surface area contributed by atoms with E-state index >= 15 is 0 Å². The van der Waals surface area contributed by atoms with Gasteiger partial charge in [0.1, 0.15) is 0 Å². The van der Waals surface area contributed by atoms with Crippen molar-refractivity contribution in [2.75, 3.05) is 24.6 Å². The van der Waals surface area contributed by atoms with E-state index in [0.717, 1.165) is 5.69 Å². The van der Waals surface area contributed by atoms with Crippen LogP contribution in [-0.4, -0.2) is 38.3 Å². The normalized spacial score (nSPS) is 11.1. The average molecular weight is 267 g/mol. The van der Waals surface area contributed by atoms with Crippen LogP contribution in [0.2, 0.25) is 13.1 Å². The molecule has 0 aromatic heterocycles. The molecule has 0 spiro atoms. The summed E-state index contributed by atoms with van der Waals surface area (Å²) < 4.78 is 0. The maximum absolute atomic E-state index is 11.8. The minimum Gasteiger partial charge on any atom is -0.431 e. The van der Waals surface area contributed by atoms with Crippen LogP contribution in [0.25, 0.3) is 0 Å². The molecule has 0 aliphatic carbocycles. The largest absolute Gasteiger partial charge is 0.431 e. The highest BCUT2D eigenvalue weighted by atomic mass is 28.4. The lowest BCUT2D eigenvalue weighted by Crippen LogP contribution is -2.42. The predicted molar refractivity (Wildman–Crippen MR) is 76.0 cm³/mol. The Balaban J connectivity index is 2.54. The number of nitrogens with one attached hydrogen (secondary N) is 2. The maximum atomic E-state index is 11.8. The third kappa shape index (κ3) is 5.31. The number of amides is 1. The molecule has 1 amide bonds. The lowest BCUT2D eigenvalue weighted by Gasteiger charge is -2.14. The minimum atomic E-state index is -2.24. The van der Waals surface area contributed by atoms with Crippen molar-refractivity contribution in [3.63, 3.8) is 0 Å². The molecule has 0 aliphatic heterocycles. The Morgan fingerprint density at radius 3 is 2.44 bits per heavy atom. The van der Waals surface area contributed by atoms with Crippen molar-refractivity contribution in [1.82, 2.24) is 5.32 Å². The first-order chi connectivity index (χ1) is 8.42. The first-order valence-corrected chi connectivity index (χ1v) is 9.12. The van der Waals surface area contributed by atoms with Crippen LogP contribution in [0.5, 0.6) is 0 Å². The number of rotatable bonds is 6. The van der Waals surface area contributed by atoms with Gasteiger partial charge in [-0.2, -0.15) is 0 Å². The van der Waals surface area contributed by atoms with E-state index in [4.69, 9.17) is 5.73 Å². The van der Waals surface area contributed by atoms with Crippen molar-refractivity contribution in [3.05, 3.63) is 29.8 Å². The molecule has 0 bridgehead atoms. The predicted octanol–water partition coefficient (Wildman–Crippen LogP) is 0.524. The fourth-order valence-electron chi connectivity index (χ4n) is 1.35. The highest BCUT2D eigenvalue weighted by Gasteiger charge is 2.18. The highest BCUT2D eigenvalue weighted by molar-refractivity contribution is 6.70. The van der Waals surface area contributed by atoms with Gasteiger partial charge in [-0.05, 0) is 37.4 Å². The molecule has 0 saturated carbocycles. The van der Waals surface area contributed by atoms with Gasteiger partial charge < -0.3 is 21.2 Å². The summed E-state index contributed by atoms with van der Waals surface area (Å²) in [6.07, 6.45) is 0.360. The molecule has 0 saturated heterocycles. The van der Waals surface area contributed by atoms with E-state index in [1.54, 1.807) is 25.2 Å². The van der Waals surface area contributed by atoms with Crippen LogP contribution in [0.3, 0.4) is 0 Å². The molecular formula is C12H21N3O2Si. The number of benzene rings is 1. The molecule has 6 heteroatoms. The van der Waals surface area contributed by atoms with Crippen LogP contribution < -0.4 is 16.4 Å².